The Hall–Kier alpha value is -1.47. The summed E-state index contributed by atoms with van der Waals surface area (Å²) in [5, 5.41) is 2.55. The lowest BCUT2D eigenvalue weighted by atomic mass is 10.0. The zero-order chi connectivity index (χ0) is 22.3. The summed E-state index contributed by atoms with van der Waals surface area (Å²) >= 11 is 0. The van der Waals surface area contributed by atoms with E-state index in [1.165, 1.54) is 10.4 Å². The molecule has 6 heteroatoms. The first-order chi connectivity index (χ1) is 14.1. The molecule has 0 heterocycles. The monoisotopic (exact) mass is 448 g/mol. The largest absolute Gasteiger partial charge is 0.407 e. The lowest BCUT2D eigenvalue weighted by molar-refractivity contribution is 0.252. The normalized spacial score (nSPS) is 13.9. The molecule has 0 radical (unpaired) electrons. The van der Waals surface area contributed by atoms with E-state index in [0.29, 0.717) is 12.5 Å². The second-order valence-electron chi connectivity index (χ2n) is 9.07. The van der Waals surface area contributed by atoms with Gasteiger partial charge in [-0.25, -0.2) is 0 Å². The second kappa shape index (κ2) is 10.7. The number of hydrogen-bond acceptors (Lipinski definition) is 4. The van der Waals surface area contributed by atoms with Gasteiger partial charge in [0, 0.05) is 6.61 Å². The summed E-state index contributed by atoms with van der Waals surface area (Å²) in [6, 6.07) is 21.3. The van der Waals surface area contributed by atoms with Crippen molar-refractivity contribution >= 4 is 28.8 Å². The molecule has 0 aliphatic heterocycles. The molecule has 0 amide bonds. The Morgan fingerprint density at radius 1 is 0.867 bits per heavy atom. The highest BCUT2D eigenvalue weighted by Gasteiger charge is 2.49. The summed E-state index contributed by atoms with van der Waals surface area (Å²) in [6.45, 7) is 9.97. The molecule has 0 bridgehead atoms. The van der Waals surface area contributed by atoms with Crippen LogP contribution in [-0.2, 0) is 18.7 Å². The molecule has 0 spiro atoms. The van der Waals surface area contributed by atoms with Crippen LogP contribution in [0, 0.1) is 5.92 Å². The van der Waals surface area contributed by atoms with Gasteiger partial charge in [0.05, 0.1) is 12.9 Å². The molecule has 2 aromatic carbocycles. The predicted molar refractivity (Wildman–Crippen MR) is 127 cm³/mol. The fourth-order valence-corrected chi connectivity index (χ4v) is 8.96. The highest BCUT2D eigenvalue weighted by atomic mass is 32.2. The summed E-state index contributed by atoms with van der Waals surface area (Å²) < 4.78 is 33.9. The molecule has 30 heavy (non-hydrogen) atoms. The van der Waals surface area contributed by atoms with Gasteiger partial charge in [0.1, 0.15) is 0 Å². The van der Waals surface area contributed by atoms with Crippen LogP contribution >= 0.6 is 0 Å². The lowest BCUT2D eigenvalue weighted by Crippen LogP contribution is -2.66. The average Bonchev–Trinajstić information content (AvgIpc) is 2.68. The van der Waals surface area contributed by atoms with Crippen LogP contribution in [0.4, 0.5) is 0 Å². The van der Waals surface area contributed by atoms with Gasteiger partial charge < -0.3 is 4.43 Å². The van der Waals surface area contributed by atoms with E-state index in [1.807, 2.05) is 0 Å². The molecule has 0 fully saturated rings. The Morgan fingerprint density at radius 2 is 1.37 bits per heavy atom. The highest BCUT2D eigenvalue weighted by Crippen LogP contribution is 2.37. The second-order valence-corrected chi connectivity index (χ2v) is 15.0. The molecule has 0 aliphatic rings. The van der Waals surface area contributed by atoms with E-state index in [1.54, 1.807) is 0 Å². The third-order valence-corrected chi connectivity index (χ3v) is 11.1. The molecule has 0 aliphatic carbocycles. The van der Waals surface area contributed by atoms with E-state index in [9.17, 15) is 8.42 Å². The van der Waals surface area contributed by atoms with E-state index in [0.717, 1.165) is 25.5 Å². The van der Waals surface area contributed by atoms with Gasteiger partial charge in [-0.15, -0.1) is 0 Å². The van der Waals surface area contributed by atoms with Crippen LogP contribution in [0.15, 0.2) is 60.7 Å². The molecular weight excluding hydrogens is 412 g/mol. The molecule has 2 rings (SSSR count). The number of hydrogen-bond donors (Lipinski definition) is 0. The van der Waals surface area contributed by atoms with E-state index in [4.69, 9.17) is 8.61 Å². The molecular formula is C24H36O4SSi. The van der Waals surface area contributed by atoms with E-state index in [-0.39, 0.29) is 11.6 Å². The summed E-state index contributed by atoms with van der Waals surface area (Å²) in [6.07, 6.45) is 3.67. The number of rotatable bonds is 11. The first kappa shape index (κ1) is 24.8. The van der Waals surface area contributed by atoms with Crippen LogP contribution in [0.25, 0.3) is 0 Å². The maximum Gasteiger partial charge on any atom is 0.264 e. The fraction of sp³-hybridized carbons (Fsp3) is 0.500. The summed E-state index contributed by atoms with van der Waals surface area (Å²) in [5.41, 5.74) is 0. The van der Waals surface area contributed by atoms with E-state index in [2.05, 4.69) is 88.4 Å². The van der Waals surface area contributed by atoms with Gasteiger partial charge in [0.15, 0.2) is 0 Å². The van der Waals surface area contributed by atoms with Gasteiger partial charge >= 0.3 is 0 Å². The molecule has 0 N–H and O–H groups in total. The topological polar surface area (TPSA) is 52.6 Å². The van der Waals surface area contributed by atoms with Gasteiger partial charge in [-0.1, -0.05) is 88.4 Å². The maximum atomic E-state index is 11.1. The molecule has 2 aromatic rings. The minimum Gasteiger partial charge on any atom is -0.407 e. The Labute approximate surface area is 183 Å². The quantitative estimate of drug-likeness (QED) is 0.291. The van der Waals surface area contributed by atoms with Crippen molar-refractivity contribution in [1.82, 2.24) is 0 Å². The van der Waals surface area contributed by atoms with Crippen molar-refractivity contribution in [2.45, 2.75) is 52.0 Å². The van der Waals surface area contributed by atoms with Crippen LogP contribution in [0.1, 0.15) is 47.0 Å². The molecule has 1 atom stereocenters. The molecule has 0 aromatic heterocycles. The summed E-state index contributed by atoms with van der Waals surface area (Å²) in [4.78, 5) is 0. The Balaban J connectivity index is 2.13. The molecule has 4 nitrogen and oxygen atoms in total. The van der Waals surface area contributed by atoms with Crippen molar-refractivity contribution in [3.05, 3.63) is 60.7 Å². The average molecular weight is 449 g/mol. The minimum atomic E-state index is -3.36. The van der Waals surface area contributed by atoms with Gasteiger partial charge in [-0.2, -0.15) is 8.42 Å². The Kier molecular flexibility index (Phi) is 8.85. The van der Waals surface area contributed by atoms with Crippen molar-refractivity contribution in [3.8, 4) is 0 Å². The lowest BCUT2D eigenvalue weighted by Gasteiger charge is -2.43. The maximum absolute atomic E-state index is 11.1. The van der Waals surface area contributed by atoms with Gasteiger partial charge in [-0.3, -0.25) is 4.18 Å². The first-order valence-corrected chi connectivity index (χ1v) is 14.4. The van der Waals surface area contributed by atoms with Gasteiger partial charge in [-0.05, 0) is 40.6 Å². The fourth-order valence-electron chi connectivity index (χ4n) is 3.96. The Bertz CT molecular complexity index is 822. The molecule has 0 saturated carbocycles. The molecule has 0 unspecified atom stereocenters. The summed E-state index contributed by atoms with van der Waals surface area (Å²) in [5.74, 6) is 0.436. The first-order valence-electron chi connectivity index (χ1n) is 10.7. The van der Waals surface area contributed by atoms with Crippen LogP contribution in [0.2, 0.25) is 5.04 Å². The predicted octanol–water partition coefficient (Wildman–Crippen LogP) is 4.35. The highest BCUT2D eigenvalue weighted by molar-refractivity contribution is 7.85. The van der Waals surface area contributed by atoms with Crippen molar-refractivity contribution in [2.75, 3.05) is 19.5 Å². The standard InChI is InChI=1S/C24H36O4SSi/c1-21(13-12-19-27-29(5,25)26)18-20-28-30(24(2,3)4,22-14-8-6-9-15-22)23-16-10-7-11-17-23/h6-11,14-17,21H,12-13,18-20H2,1-5H3/t21-/m0/s1. The molecule has 0 saturated heterocycles. The van der Waals surface area contributed by atoms with Crippen molar-refractivity contribution < 1.29 is 17.0 Å². The zero-order valence-corrected chi connectivity index (χ0v) is 20.7. The van der Waals surface area contributed by atoms with Crippen LogP contribution < -0.4 is 10.4 Å². The third-order valence-electron chi connectivity index (χ3n) is 5.48. The van der Waals surface area contributed by atoms with Crippen molar-refractivity contribution in [1.29, 1.82) is 0 Å². The van der Waals surface area contributed by atoms with Gasteiger partial charge in [0.25, 0.3) is 18.4 Å². The zero-order valence-electron chi connectivity index (χ0n) is 18.9. The number of benzene rings is 2. The van der Waals surface area contributed by atoms with E-state index < -0.39 is 18.4 Å². The SMILES string of the molecule is C[C@@H](CCCOS(C)(=O)=O)CCO[Si](c1ccccc1)(c1ccccc1)C(C)(C)C. The summed E-state index contributed by atoms with van der Waals surface area (Å²) in [7, 11) is -5.84. The van der Waals surface area contributed by atoms with E-state index >= 15 is 0 Å². The smallest absolute Gasteiger partial charge is 0.264 e. The van der Waals surface area contributed by atoms with Crippen LogP contribution in [-0.4, -0.2) is 36.2 Å². The van der Waals surface area contributed by atoms with Crippen LogP contribution in [0.3, 0.4) is 0 Å². The van der Waals surface area contributed by atoms with Gasteiger partial charge in [0.2, 0.25) is 0 Å². The van der Waals surface area contributed by atoms with Crippen LogP contribution in [0.5, 0.6) is 0 Å². The molecule has 166 valence electrons. The van der Waals surface area contributed by atoms with Crippen molar-refractivity contribution in [2.24, 2.45) is 5.92 Å². The minimum absolute atomic E-state index is 0.0255. The Morgan fingerprint density at radius 3 is 1.80 bits per heavy atom. The third kappa shape index (κ3) is 6.77. The van der Waals surface area contributed by atoms with Crippen molar-refractivity contribution in [3.63, 3.8) is 0 Å².